The molecule has 0 aliphatic carbocycles. The van der Waals surface area contributed by atoms with Crippen LogP contribution in [0.2, 0.25) is 0 Å². The van der Waals surface area contributed by atoms with E-state index in [1.807, 2.05) is 0 Å². The number of pyridine rings is 1. The lowest BCUT2D eigenvalue weighted by atomic mass is 10.0. The van der Waals surface area contributed by atoms with Crippen LogP contribution in [0, 0.1) is 11.6 Å². The van der Waals surface area contributed by atoms with E-state index in [1.165, 1.54) is 12.4 Å². The molecule has 2 aromatic heterocycles. The van der Waals surface area contributed by atoms with Crippen LogP contribution in [0.4, 0.5) is 8.78 Å². The van der Waals surface area contributed by atoms with Gasteiger partial charge in [0.05, 0.1) is 5.56 Å². The van der Waals surface area contributed by atoms with Crippen LogP contribution in [-0.4, -0.2) is 15.8 Å². The third-order valence-corrected chi connectivity index (χ3v) is 3.42. The third kappa shape index (κ3) is 2.02. The van der Waals surface area contributed by atoms with Crippen molar-refractivity contribution in [2.45, 2.75) is 0 Å². The van der Waals surface area contributed by atoms with Gasteiger partial charge in [-0.1, -0.05) is 15.9 Å². The summed E-state index contributed by atoms with van der Waals surface area (Å²) in [7, 11) is 0. The average molecular weight is 337 g/mol. The largest absolute Gasteiger partial charge is 0.360 e. The Balaban J connectivity index is 2.19. The van der Waals surface area contributed by atoms with Gasteiger partial charge in [0.15, 0.2) is 0 Å². The number of aromatic nitrogens is 2. The highest BCUT2D eigenvalue weighted by Gasteiger charge is 2.22. The second-order valence-electron chi connectivity index (χ2n) is 4.20. The molecule has 20 heavy (non-hydrogen) atoms. The Bertz CT molecular complexity index is 806. The van der Waals surface area contributed by atoms with Crippen molar-refractivity contribution in [1.29, 1.82) is 0 Å². The average Bonchev–Trinajstić information content (AvgIpc) is 2.81. The third-order valence-electron chi connectivity index (χ3n) is 2.96. The SMILES string of the molecule is O=C(c1c(F)cc(Br)cc1F)c1c[nH]c2ccncc12. The summed E-state index contributed by atoms with van der Waals surface area (Å²) in [6.45, 7) is 0. The van der Waals surface area contributed by atoms with Crippen molar-refractivity contribution in [3.05, 3.63) is 64.0 Å². The number of halogens is 3. The van der Waals surface area contributed by atoms with E-state index in [0.717, 1.165) is 12.1 Å². The molecule has 0 amide bonds. The standard InChI is InChI=1S/C14H7BrF2N2O/c15-7-3-10(16)13(11(17)4-7)14(20)9-6-19-12-1-2-18-5-8(9)12/h1-6,19H. The van der Waals surface area contributed by atoms with Gasteiger partial charge in [0.1, 0.15) is 11.6 Å². The molecule has 3 aromatic rings. The predicted molar refractivity (Wildman–Crippen MR) is 73.6 cm³/mol. The van der Waals surface area contributed by atoms with Gasteiger partial charge in [-0.15, -0.1) is 0 Å². The van der Waals surface area contributed by atoms with Crippen LogP contribution in [0.25, 0.3) is 10.9 Å². The first kappa shape index (κ1) is 12.9. The summed E-state index contributed by atoms with van der Waals surface area (Å²) in [6.07, 6.45) is 4.47. The molecule has 0 aliphatic rings. The van der Waals surface area contributed by atoms with Gasteiger partial charge in [0.2, 0.25) is 5.78 Å². The zero-order chi connectivity index (χ0) is 14.3. The molecule has 0 saturated heterocycles. The second-order valence-corrected chi connectivity index (χ2v) is 5.11. The van der Waals surface area contributed by atoms with E-state index < -0.39 is 23.0 Å². The minimum atomic E-state index is -0.903. The zero-order valence-electron chi connectivity index (χ0n) is 9.95. The van der Waals surface area contributed by atoms with Crippen molar-refractivity contribution >= 4 is 32.6 Å². The Morgan fingerprint density at radius 3 is 2.65 bits per heavy atom. The number of benzene rings is 1. The first-order valence-electron chi connectivity index (χ1n) is 5.68. The van der Waals surface area contributed by atoms with Crippen molar-refractivity contribution in [3.63, 3.8) is 0 Å². The maximum absolute atomic E-state index is 13.8. The summed E-state index contributed by atoms with van der Waals surface area (Å²) in [5.74, 6) is -2.52. The molecule has 0 unspecified atom stereocenters. The number of aromatic amines is 1. The fourth-order valence-corrected chi connectivity index (χ4v) is 2.45. The molecular formula is C14H7BrF2N2O. The van der Waals surface area contributed by atoms with Crippen LogP contribution in [0.3, 0.4) is 0 Å². The normalized spacial score (nSPS) is 10.9. The minimum Gasteiger partial charge on any atom is -0.360 e. The summed E-state index contributed by atoms with van der Waals surface area (Å²) in [6, 6.07) is 3.80. The first-order chi connectivity index (χ1) is 9.58. The molecular weight excluding hydrogens is 330 g/mol. The van der Waals surface area contributed by atoms with Crippen LogP contribution in [-0.2, 0) is 0 Å². The van der Waals surface area contributed by atoms with Gasteiger partial charge >= 0.3 is 0 Å². The number of carbonyl (C=O) groups excluding carboxylic acids is 1. The fraction of sp³-hybridized carbons (Fsp3) is 0. The van der Waals surface area contributed by atoms with Crippen LogP contribution in [0.5, 0.6) is 0 Å². The van der Waals surface area contributed by atoms with Crippen LogP contribution in [0.15, 0.2) is 41.3 Å². The summed E-state index contributed by atoms with van der Waals surface area (Å²) in [5, 5.41) is 0.527. The Hall–Kier alpha value is -2.08. The topological polar surface area (TPSA) is 45.8 Å². The smallest absolute Gasteiger partial charge is 0.201 e. The summed E-state index contributed by atoms with van der Waals surface area (Å²) in [4.78, 5) is 19.1. The highest BCUT2D eigenvalue weighted by Crippen LogP contribution is 2.25. The molecule has 0 radical (unpaired) electrons. The Morgan fingerprint density at radius 1 is 1.25 bits per heavy atom. The van der Waals surface area contributed by atoms with Crippen LogP contribution in [0.1, 0.15) is 15.9 Å². The lowest BCUT2D eigenvalue weighted by Crippen LogP contribution is -2.07. The number of fused-ring (bicyclic) bond motifs is 1. The number of hydrogen-bond donors (Lipinski definition) is 1. The van der Waals surface area contributed by atoms with Gasteiger partial charge < -0.3 is 4.98 Å². The molecule has 0 fully saturated rings. The van der Waals surface area contributed by atoms with Gasteiger partial charge in [-0.2, -0.15) is 0 Å². The maximum Gasteiger partial charge on any atom is 0.201 e. The molecule has 3 nitrogen and oxygen atoms in total. The molecule has 3 rings (SSSR count). The molecule has 100 valence electrons. The number of nitrogens with one attached hydrogen (secondary N) is 1. The Kier molecular flexibility index (Phi) is 3.10. The van der Waals surface area contributed by atoms with Crippen molar-refractivity contribution < 1.29 is 13.6 Å². The van der Waals surface area contributed by atoms with E-state index in [9.17, 15) is 13.6 Å². The molecule has 2 heterocycles. The Labute approximate surface area is 120 Å². The van der Waals surface area contributed by atoms with Crippen molar-refractivity contribution in [2.75, 3.05) is 0 Å². The Morgan fingerprint density at radius 2 is 1.95 bits per heavy atom. The number of H-pyrrole nitrogens is 1. The lowest BCUT2D eigenvalue weighted by molar-refractivity contribution is 0.103. The molecule has 0 spiro atoms. The molecule has 1 N–H and O–H groups in total. The van der Waals surface area contributed by atoms with Crippen molar-refractivity contribution in [1.82, 2.24) is 9.97 Å². The quantitative estimate of drug-likeness (QED) is 0.723. The van der Waals surface area contributed by atoms with Crippen molar-refractivity contribution in [2.24, 2.45) is 0 Å². The second kappa shape index (κ2) is 4.79. The first-order valence-corrected chi connectivity index (χ1v) is 6.47. The lowest BCUT2D eigenvalue weighted by Gasteiger charge is -2.04. The summed E-state index contributed by atoms with van der Waals surface area (Å²) in [5.41, 5.74) is 0.299. The van der Waals surface area contributed by atoms with E-state index in [4.69, 9.17) is 0 Å². The van der Waals surface area contributed by atoms with Gasteiger partial charge in [-0.05, 0) is 18.2 Å². The van der Waals surface area contributed by atoms with E-state index in [2.05, 4.69) is 25.9 Å². The van der Waals surface area contributed by atoms with E-state index in [1.54, 1.807) is 12.3 Å². The highest BCUT2D eigenvalue weighted by atomic mass is 79.9. The van der Waals surface area contributed by atoms with E-state index in [0.29, 0.717) is 10.9 Å². The predicted octanol–water partition coefficient (Wildman–Crippen LogP) is 3.83. The number of ketones is 1. The molecule has 0 saturated carbocycles. The molecule has 0 atom stereocenters. The van der Waals surface area contributed by atoms with Crippen molar-refractivity contribution in [3.8, 4) is 0 Å². The summed E-state index contributed by atoms with van der Waals surface area (Å²) < 4.78 is 27.9. The fourth-order valence-electron chi connectivity index (χ4n) is 2.04. The molecule has 6 heteroatoms. The number of carbonyl (C=O) groups is 1. The van der Waals surface area contributed by atoms with E-state index in [-0.39, 0.29) is 10.0 Å². The van der Waals surface area contributed by atoms with Gasteiger partial charge in [-0.25, -0.2) is 8.78 Å². The zero-order valence-corrected chi connectivity index (χ0v) is 11.5. The van der Waals surface area contributed by atoms with E-state index >= 15 is 0 Å². The molecule has 0 aliphatic heterocycles. The number of nitrogens with zero attached hydrogens (tertiary/aromatic N) is 1. The number of hydrogen-bond acceptors (Lipinski definition) is 2. The van der Waals surface area contributed by atoms with Gasteiger partial charge in [0, 0.05) is 39.5 Å². The molecule has 0 bridgehead atoms. The van der Waals surface area contributed by atoms with Gasteiger partial charge in [0.25, 0.3) is 0 Å². The maximum atomic E-state index is 13.8. The highest BCUT2D eigenvalue weighted by molar-refractivity contribution is 9.10. The monoisotopic (exact) mass is 336 g/mol. The van der Waals surface area contributed by atoms with Gasteiger partial charge in [-0.3, -0.25) is 9.78 Å². The summed E-state index contributed by atoms with van der Waals surface area (Å²) >= 11 is 2.98. The molecule has 1 aromatic carbocycles. The van der Waals surface area contributed by atoms with Crippen LogP contribution < -0.4 is 0 Å². The number of rotatable bonds is 2. The minimum absolute atomic E-state index is 0.188. The van der Waals surface area contributed by atoms with Crippen LogP contribution >= 0.6 is 15.9 Å².